The Morgan fingerprint density at radius 3 is 2.91 bits per heavy atom. The summed E-state index contributed by atoms with van der Waals surface area (Å²) in [5, 5.41) is 3.13. The predicted molar refractivity (Wildman–Crippen MR) is 89.3 cm³/mol. The smallest absolute Gasteiger partial charge is 0.317 e. The lowest BCUT2D eigenvalue weighted by Gasteiger charge is -2.29. The average Bonchev–Trinajstić information content (AvgIpc) is 3.44. The number of amides is 2. The standard InChI is InChI=1S/C18H28N4O/c1-13(14-5-6-14)22(16-7-8-16)18(23)19-10-9-15-12-21-11-3-2-4-17(21)20-15/h12-14,16H,2-11H2,1H3,(H,19,23). The van der Waals surface area contributed by atoms with Crippen LogP contribution in [-0.2, 0) is 19.4 Å². The second-order valence-electron chi connectivity index (χ2n) is 7.50. The van der Waals surface area contributed by atoms with E-state index in [9.17, 15) is 4.79 Å². The number of hydrogen-bond donors (Lipinski definition) is 1. The Balaban J connectivity index is 1.29. The van der Waals surface area contributed by atoms with Crippen LogP contribution in [0.15, 0.2) is 6.20 Å². The lowest BCUT2D eigenvalue weighted by Crippen LogP contribution is -2.47. The van der Waals surface area contributed by atoms with E-state index in [1.165, 1.54) is 44.3 Å². The van der Waals surface area contributed by atoms with Gasteiger partial charge in [0.2, 0.25) is 0 Å². The van der Waals surface area contributed by atoms with Gasteiger partial charge in [0.1, 0.15) is 5.82 Å². The SMILES string of the molecule is CC(C1CC1)N(C(=O)NCCc1cn2c(n1)CCCC2)C1CC1. The maximum atomic E-state index is 12.6. The van der Waals surface area contributed by atoms with Gasteiger partial charge in [-0.05, 0) is 51.4 Å². The van der Waals surface area contributed by atoms with Gasteiger partial charge in [0.25, 0.3) is 0 Å². The molecule has 2 heterocycles. The monoisotopic (exact) mass is 316 g/mol. The van der Waals surface area contributed by atoms with Crippen LogP contribution in [0, 0.1) is 5.92 Å². The molecule has 23 heavy (non-hydrogen) atoms. The fraction of sp³-hybridized carbons (Fsp3) is 0.778. The van der Waals surface area contributed by atoms with E-state index < -0.39 is 0 Å². The van der Waals surface area contributed by atoms with Gasteiger partial charge < -0.3 is 14.8 Å². The molecule has 0 bridgehead atoms. The molecule has 0 aromatic carbocycles. The molecule has 5 heteroatoms. The predicted octanol–water partition coefficient (Wildman–Crippen LogP) is 2.73. The van der Waals surface area contributed by atoms with Crippen molar-refractivity contribution < 1.29 is 4.79 Å². The van der Waals surface area contributed by atoms with Crippen molar-refractivity contribution in [2.75, 3.05) is 6.54 Å². The number of nitrogens with zero attached hydrogens (tertiary/aromatic N) is 3. The zero-order chi connectivity index (χ0) is 15.8. The van der Waals surface area contributed by atoms with Crippen molar-refractivity contribution in [1.29, 1.82) is 0 Å². The van der Waals surface area contributed by atoms with Gasteiger partial charge >= 0.3 is 6.03 Å². The Hall–Kier alpha value is -1.52. The summed E-state index contributed by atoms with van der Waals surface area (Å²) in [6.07, 6.45) is 11.6. The molecule has 1 atom stereocenters. The summed E-state index contributed by atoms with van der Waals surface area (Å²) in [4.78, 5) is 19.4. The molecule has 1 aliphatic heterocycles. The third-order valence-corrected chi connectivity index (χ3v) is 5.53. The second kappa shape index (κ2) is 6.17. The first kappa shape index (κ1) is 15.0. The van der Waals surface area contributed by atoms with E-state index in [0.29, 0.717) is 18.6 Å². The van der Waals surface area contributed by atoms with E-state index in [4.69, 9.17) is 4.98 Å². The van der Waals surface area contributed by atoms with Gasteiger partial charge in [0, 0.05) is 44.2 Å². The highest BCUT2D eigenvalue weighted by Crippen LogP contribution is 2.39. The lowest BCUT2D eigenvalue weighted by atomic mass is 10.2. The van der Waals surface area contributed by atoms with Crippen LogP contribution < -0.4 is 5.32 Å². The number of imidazole rings is 1. The molecule has 0 spiro atoms. The number of rotatable bonds is 6. The molecule has 2 fully saturated rings. The van der Waals surface area contributed by atoms with Gasteiger partial charge in [-0.25, -0.2) is 9.78 Å². The number of nitrogens with one attached hydrogen (secondary N) is 1. The molecule has 4 rings (SSSR count). The summed E-state index contributed by atoms with van der Waals surface area (Å²) in [6.45, 7) is 4.01. The van der Waals surface area contributed by atoms with E-state index in [0.717, 1.165) is 31.0 Å². The summed E-state index contributed by atoms with van der Waals surface area (Å²) < 4.78 is 2.28. The van der Waals surface area contributed by atoms with Gasteiger partial charge in [0.15, 0.2) is 0 Å². The van der Waals surface area contributed by atoms with Crippen LogP contribution in [0.5, 0.6) is 0 Å². The molecule has 1 aromatic heterocycles. The van der Waals surface area contributed by atoms with Crippen LogP contribution in [0.25, 0.3) is 0 Å². The Morgan fingerprint density at radius 1 is 1.39 bits per heavy atom. The maximum Gasteiger partial charge on any atom is 0.317 e. The van der Waals surface area contributed by atoms with Crippen LogP contribution in [0.1, 0.15) is 57.0 Å². The van der Waals surface area contributed by atoms with Crippen LogP contribution >= 0.6 is 0 Å². The summed E-state index contributed by atoms with van der Waals surface area (Å²) in [7, 11) is 0. The number of hydrogen-bond acceptors (Lipinski definition) is 2. The van der Waals surface area contributed by atoms with E-state index >= 15 is 0 Å². The third-order valence-electron chi connectivity index (χ3n) is 5.53. The number of carbonyl (C=O) groups excluding carboxylic acids is 1. The third kappa shape index (κ3) is 3.38. The summed E-state index contributed by atoms with van der Waals surface area (Å²) in [6, 6.07) is 1.03. The first-order valence-corrected chi connectivity index (χ1v) is 9.33. The quantitative estimate of drug-likeness (QED) is 0.877. The number of aromatic nitrogens is 2. The van der Waals surface area contributed by atoms with E-state index in [1.807, 2.05) is 0 Å². The minimum Gasteiger partial charge on any atom is -0.338 e. The molecule has 1 unspecified atom stereocenters. The summed E-state index contributed by atoms with van der Waals surface area (Å²) in [5.74, 6) is 1.96. The zero-order valence-corrected chi connectivity index (χ0v) is 14.1. The largest absolute Gasteiger partial charge is 0.338 e. The summed E-state index contributed by atoms with van der Waals surface area (Å²) in [5.41, 5.74) is 1.12. The molecule has 3 aliphatic rings. The van der Waals surface area contributed by atoms with Gasteiger partial charge in [-0.2, -0.15) is 0 Å². The van der Waals surface area contributed by atoms with Gasteiger partial charge in [-0.1, -0.05) is 0 Å². The maximum absolute atomic E-state index is 12.6. The minimum absolute atomic E-state index is 0.135. The molecule has 2 saturated carbocycles. The van der Waals surface area contributed by atoms with Gasteiger partial charge in [-0.15, -0.1) is 0 Å². The van der Waals surface area contributed by atoms with Crippen LogP contribution in [0.4, 0.5) is 4.79 Å². The minimum atomic E-state index is 0.135. The summed E-state index contributed by atoms with van der Waals surface area (Å²) >= 11 is 0. The molecule has 1 aromatic rings. The first-order valence-electron chi connectivity index (χ1n) is 9.33. The van der Waals surface area contributed by atoms with E-state index in [1.54, 1.807) is 0 Å². The normalized spacial score (nSPS) is 21.6. The number of aryl methyl sites for hydroxylation is 2. The molecule has 2 amide bonds. The molecule has 5 nitrogen and oxygen atoms in total. The van der Waals surface area contributed by atoms with Crippen molar-refractivity contribution in [3.8, 4) is 0 Å². The van der Waals surface area contributed by atoms with E-state index in [-0.39, 0.29) is 6.03 Å². The Morgan fingerprint density at radius 2 is 2.22 bits per heavy atom. The first-order chi connectivity index (χ1) is 11.2. The molecule has 0 saturated heterocycles. The van der Waals surface area contributed by atoms with Crippen molar-refractivity contribution in [3.05, 3.63) is 17.7 Å². The van der Waals surface area contributed by atoms with E-state index in [2.05, 4.69) is 27.9 Å². The average molecular weight is 316 g/mol. The van der Waals surface area contributed by atoms with Crippen molar-refractivity contribution >= 4 is 6.03 Å². The van der Waals surface area contributed by atoms with Gasteiger partial charge in [-0.3, -0.25) is 0 Å². The van der Waals surface area contributed by atoms with Crippen molar-refractivity contribution in [3.63, 3.8) is 0 Å². The Bertz CT molecular complexity index is 550. The van der Waals surface area contributed by atoms with Crippen LogP contribution in [0.3, 0.4) is 0 Å². The van der Waals surface area contributed by atoms with Crippen LogP contribution in [-0.4, -0.2) is 39.1 Å². The van der Waals surface area contributed by atoms with Crippen molar-refractivity contribution in [1.82, 2.24) is 19.8 Å². The van der Waals surface area contributed by atoms with Crippen molar-refractivity contribution in [2.24, 2.45) is 5.92 Å². The molecule has 0 radical (unpaired) electrons. The molecule has 126 valence electrons. The fourth-order valence-corrected chi connectivity index (χ4v) is 3.82. The number of urea groups is 1. The fourth-order valence-electron chi connectivity index (χ4n) is 3.82. The van der Waals surface area contributed by atoms with Crippen molar-refractivity contribution in [2.45, 2.75) is 76.9 Å². The molecular formula is C18H28N4O. The Kier molecular flexibility index (Phi) is 4.04. The number of fused-ring (bicyclic) bond motifs is 1. The highest BCUT2D eigenvalue weighted by molar-refractivity contribution is 5.75. The zero-order valence-electron chi connectivity index (χ0n) is 14.1. The second-order valence-corrected chi connectivity index (χ2v) is 7.50. The lowest BCUT2D eigenvalue weighted by molar-refractivity contribution is 0.167. The molecule has 1 N–H and O–H groups in total. The van der Waals surface area contributed by atoms with Crippen LogP contribution in [0.2, 0.25) is 0 Å². The molecule has 2 aliphatic carbocycles. The Labute approximate surface area is 138 Å². The highest BCUT2D eigenvalue weighted by Gasteiger charge is 2.41. The highest BCUT2D eigenvalue weighted by atomic mass is 16.2. The topological polar surface area (TPSA) is 50.2 Å². The number of carbonyl (C=O) groups is 1. The molecular weight excluding hydrogens is 288 g/mol. The van der Waals surface area contributed by atoms with Gasteiger partial charge in [0.05, 0.1) is 5.69 Å².